The summed E-state index contributed by atoms with van der Waals surface area (Å²) in [6.07, 6.45) is -1.34. The fraction of sp³-hybridized carbons (Fsp3) is 0.429. The number of nitrogens with one attached hydrogen (secondary N) is 1. The highest BCUT2D eigenvalue weighted by Crippen LogP contribution is 2.34. The zero-order valence-corrected chi connectivity index (χ0v) is 11.8. The van der Waals surface area contributed by atoms with E-state index in [1.807, 2.05) is 6.92 Å². The molecule has 2 atom stereocenters. The van der Waals surface area contributed by atoms with Gasteiger partial charge in [0.25, 0.3) is 0 Å². The lowest BCUT2D eigenvalue weighted by Crippen LogP contribution is -2.33. The van der Waals surface area contributed by atoms with Gasteiger partial charge in [0.2, 0.25) is 0 Å². The molecule has 0 radical (unpaired) electrons. The van der Waals surface area contributed by atoms with Crippen molar-refractivity contribution in [3.63, 3.8) is 0 Å². The molecule has 0 aliphatic rings. The van der Waals surface area contributed by atoms with Gasteiger partial charge >= 0.3 is 6.18 Å². The quantitative estimate of drug-likeness (QED) is 0.922. The topological polar surface area (TPSA) is 42.7 Å². The first kappa shape index (κ1) is 15.5. The monoisotopic (exact) mass is 298 g/mol. The Hall–Kier alpha value is -1.89. The molecule has 0 saturated carbocycles. The van der Waals surface area contributed by atoms with Crippen LogP contribution in [0.4, 0.5) is 13.2 Å². The predicted octanol–water partition coefficient (Wildman–Crippen LogP) is 3.04. The predicted molar refractivity (Wildman–Crippen MR) is 72.5 cm³/mol. The second kappa shape index (κ2) is 6.26. The second-order valence-electron chi connectivity index (χ2n) is 4.99. The lowest BCUT2D eigenvalue weighted by atomic mass is 10.0. The molecule has 7 heteroatoms. The van der Waals surface area contributed by atoms with Crippen molar-refractivity contribution in [3.8, 4) is 0 Å². The van der Waals surface area contributed by atoms with Crippen LogP contribution in [0.5, 0.6) is 0 Å². The molecule has 0 spiro atoms. The summed E-state index contributed by atoms with van der Waals surface area (Å²) >= 11 is 0. The van der Waals surface area contributed by atoms with Crippen LogP contribution >= 0.6 is 0 Å². The van der Waals surface area contributed by atoms with E-state index in [4.69, 9.17) is 0 Å². The molecule has 0 unspecified atom stereocenters. The Bertz CT molecular complexity index is 566. The van der Waals surface area contributed by atoms with Crippen molar-refractivity contribution in [3.05, 3.63) is 48.0 Å². The van der Waals surface area contributed by atoms with Crippen molar-refractivity contribution >= 4 is 0 Å². The summed E-state index contributed by atoms with van der Waals surface area (Å²) in [4.78, 5) is 3.83. The first-order valence-corrected chi connectivity index (χ1v) is 6.62. The zero-order valence-electron chi connectivity index (χ0n) is 11.8. The minimum absolute atomic E-state index is 0.0389. The maximum Gasteiger partial charge on any atom is 0.416 e. The van der Waals surface area contributed by atoms with Gasteiger partial charge in [0.05, 0.1) is 12.1 Å². The Kier molecular flexibility index (Phi) is 4.62. The normalized spacial score (nSPS) is 14.9. The lowest BCUT2D eigenvalue weighted by molar-refractivity contribution is -0.138. The standard InChI is InChI=1S/C14H17F3N4/c1-10(7-21-9-18-8-19-21)20-11(2)12-5-3-4-6-13(12)14(15,16)17/h3-6,8-11,20H,7H2,1-2H3/t10-,11+/m0/s1. The Morgan fingerprint density at radius 2 is 1.95 bits per heavy atom. The summed E-state index contributed by atoms with van der Waals surface area (Å²) in [5, 5.41) is 7.14. The molecule has 0 aliphatic carbocycles. The maximum atomic E-state index is 13.0. The number of nitrogens with zero attached hydrogens (tertiary/aromatic N) is 3. The zero-order chi connectivity index (χ0) is 15.5. The summed E-state index contributed by atoms with van der Waals surface area (Å²) in [5.74, 6) is 0. The highest BCUT2D eigenvalue weighted by molar-refractivity contribution is 5.32. The van der Waals surface area contributed by atoms with E-state index in [-0.39, 0.29) is 11.6 Å². The third-order valence-electron chi connectivity index (χ3n) is 3.19. The molecule has 1 aromatic heterocycles. The molecule has 0 saturated heterocycles. The highest BCUT2D eigenvalue weighted by atomic mass is 19.4. The van der Waals surface area contributed by atoms with E-state index in [2.05, 4.69) is 15.4 Å². The molecule has 1 N–H and O–H groups in total. The van der Waals surface area contributed by atoms with E-state index in [0.29, 0.717) is 6.54 Å². The number of aromatic nitrogens is 3. The van der Waals surface area contributed by atoms with Gasteiger partial charge in [0.15, 0.2) is 0 Å². The maximum absolute atomic E-state index is 13.0. The van der Waals surface area contributed by atoms with Crippen LogP contribution in [0.1, 0.15) is 31.0 Å². The van der Waals surface area contributed by atoms with E-state index in [9.17, 15) is 13.2 Å². The van der Waals surface area contributed by atoms with Gasteiger partial charge in [0.1, 0.15) is 12.7 Å². The number of hydrogen-bond donors (Lipinski definition) is 1. The first-order valence-electron chi connectivity index (χ1n) is 6.62. The Morgan fingerprint density at radius 1 is 1.24 bits per heavy atom. The van der Waals surface area contributed by atoms with Crippen molar-refractivity contribution < 1.29 is 13.2 Å². The molecular formula is C14H17F3N4. The van der Waals surface area contributed by atoms with Gasteiger partial charge in [-0.25, -0.2) is 4.98 Å². The van der Waals surface area contributed by atoms with Crippen molar-refractivity contribution in [2.24, 2.45) is 0 Å². The third kappa shape index (κ3) is 4.04. The van der Waals surface area contributed by atoms with E-state index in [1.165, 1.54) is 18.5 Å². The Balaban J connectivity index is 2.08. The van der Waals surface area contributed by atoms with Crippen LogP contribution in [0.25, 0.3) is 0 Å². The molecule has 1 heterocycles. The largest absolute Gasteiger partial charge is 0.416 e. The molecule has 0 amide bonds. The summed E-state index contributed by atoms with van der Waals surface area (Å²) < 4.78 is 40.6. The summed E-state index contributed by atoms with van der Waals surface area (Å²) in [7, 11) is 0. The Labute approximate surface area is 121 Å². The van der Waals surface area contributed by atoms with E-state index in [0.717, 1.165) is 6.07 Å². The van der Waals surface area contributed by atoms with Gasteiger partial charge in [-0.1, -0.05) is 18.2 Å². The fourth-order valence-corrected chi connectivity index (χ4v) is 2.31. The van der Waals surface area contributed by atoms with E-state index >= 15 is 0 Å². The van der Waals surface area contributed by atoms with Crippen LogP contribution in [-0.4, -0.2) is 20.8 Å². The lowest BCUT2D eigenvalue weighted by Gasteiger charge is -2.23. The van der Waals surface area contributed by atoms with Crippen LogP contribution in [0.15, 0.2) is 36.9 Å². The number of halogens is 3. The number of alkyl halides is 3. The number of benzene rings is 1. The van der Waals surface area contributed by atoms with Crippen molar-refractivity contribution in [2.75, 3.05) is 0 Å². The average molecular weight is 298 g/mol. The van der Waals surface area contributed by atoms with Gasteiger partial charge < -0.3 is 5.32 Å². The molecule has 0 fully saturated rings. The molecule has 21 heavy (non-hydrogen) atoms. The van der Waals surface area contributed by atoms with Gasteiger partial charge in [-0.05, 0) is 25.5 Å². The molecule has 2 aromatic rings. The summed E-state index contributed by atoms with van der Waals surface area (Å²) in [6, 6.07) is 5.17. The third-order valence-corrected chi connectivity index (χ3v) is 3.19. The molecule has 2 rings (SSSR count). The molecule has 0 aliphatic heterocycles. The van der Waals surface area contributed by atoms with Gasteiger partial charge in [-0.15, -0.1) is 0 Å². The van der Waals surface area contributed by atoms with Gasteiger partial charge in [-0.3, -0.25) is 4.68 Å². The average Bonchev–Trinajstić information content (AvgIpc) is 2.90. The molecule has 4 nitrogen and oxygen atoms in total. The van der Waals surface area contributed by atoms with Gasteiger partial charge in [-0.2, -0.15) is 18.3 Å². The highest BCUT2D eigenvalue weighted by Gasteiger charge is 2.34. The van der Waals surface area contributed by atoms with Crippen LogP contribution in [0.3, 0.4) is 0 Å². The van der Waals surface area contributed by atoms with Gasteiger partial charge in [0, 0.05) is 12.1 Å². The molecule has 114 valence electrons. The summed E-state index contributed by atoms with van der Waals surface area (Å²) in [5.41, 5.74) is -0.353. The van der Waals surface area contributed by atoms with Crippen LogP contribution in [0, 0.1) is 0 Å². The Morgan fingerprint density at radius 3 is 2.57 bits per heavy atom. The smallest absolute Gasteiger partial charge is 0.306 e. The second-order valence-corrected chi connectivity index (χ2v) is 4.99. The minimum atomic E-state index is -4.35. The number of hydrogen-bond acceptors (Lipinski definition) is 3. The minimum Gasteiger partial charge on any atom is -0.306 e. The molecular weight excluding hydrogens is 281 g/mol. The molecule has 1 aromatic carbocycles. The van der Waals surface area contributed by atoms with Crippen molar-refractivity contribution in [1.82, 2.24) is 20.1 Å². The van der Waals surface area contributed by atoms with Crippen LogP contribution in [-0.2, 0) is 12.7 Å². The van der Waals surface area contributed by atoms with E-state index < -0.39 is 17.8 Å². The number of rotatable bonds is 5. The molecule has 0 bridgehead atoms. The summed E-state index contributed by atoms with van der Waals surface area (Å²) in [6.45, 7) is 4.16. The van der Waals surface area contributed by atoms with Crippen molar-refractivity contribution in [2.45, 2.75) is 38.7 Å². The SMILES string of the molecule is C[C@@H](Cn1cncn1)N[C@H](C)c1ccccc1C(F)(F)F. The van der Waals surface area contributed by atoms with Crippen LogP contribution in [0.2, 0.25) is 0 Å². The van der Waals surface area contributed by atoms with E-state index in [1.54, 1.807) is 24.0 Å². The van der Waals surface area contributed by atoms with Crippen LogP contribution < -0.4 is 5.32 Å². The fourth-order valence-electron chi connectivity index (χ4n) is 2.31. The first-order chi connectivity index (χ1) is 9.88. The van der Waals surface area contributed by atoms with Crippen molar-refractivity contribution in [1.29, 1.82) is 0 Å².